The maximum Gasteiger partial charge on any atom is 0.407 e. The summed E-state index contributed by atoms with van der Waals surface area (Å²) in [6, 6.07) is 10.2. The summed E-state index contributed by atoms with van der Waals surface area (Å²) in [5.41, 5.74) is 1.16. The van der Waals surface area contributed by atoms with Gasteiger partial charge in [-0.1, -0.05) is 18.2 Å². The van der Waals surface area contributed by atoms with Gasteiger partial charge in [-0.25, -0.2) is 4.79 Å². The fourth-order valence-electron chi connectivity index (χ4n) is 1.80. The van der Waals surface area contributed by atoms with E-state index in [4.69, 9.17) is 16.3 Å². The zero-order valence-corrected chi connectivity index (χ0v) is 10.7. The van der Waals surface area contributed by atoms with E-state index < -0.39 is 6.09 Å². The molecule has 2 aromatic rings. The van der Waals surface area contributed by atoms with Gasteiger partial charge < -0.3 is 14.6 Å². The highest BCUT2D eigenvalue weighted by Gasteiger charge is 2.02. The molecule has 0 aliphatic rings. The van der Waals surface area contributed by atoms with Gasteiger partial charge in [0.05, 0.1) is 5.88 Å². The van der Waals surface area contributed by atoms with Crippen LogP contribution in [0.1, 0.15) is 0 Å². The summed E-state index contributed by atoms with van der Waals surface area (Å²) < 4.78 is 6.90. The number of nitrogens with zero attached hydrogens (tertiary/aromatic N) is 1. The van der Waals surface area contributed by atoms with Crippen molar-refractivity contribution in [3.63, 3.8) is 0 Å². The molecular formula is C13H15ClN2O2. The number of amides is 1. The lowest BCUT2D eigenvalue weighted by Crippen LogP contribution is -2.28. The highest BCUT2D eigenvalue weighted by atomic mass is 35.5. The maximum atomic E-state index is 11.2. The number of alkyl carbamates (subject to hydrolysis) is 1. The SMILES string of the molecule is O=C(NCCn1ccc2ccccc21)OCCCl. The Morgan fingerprint density at radius 3 is 3.00 bits per heavy atom. The zero-order valence-electron chi connectivity index (χ0n) is 9.93. The standard InChI is InChI=1S/C13H15ClN2O2/c14-6-10-18-13(17)15-7-9-16-8-5-11-3-1-2-4-12(11)16/h1-5,8H,6-7,9-10H2,(H,15,17). The molecule has 2 rings (SSSR count). The largest absolute Gasteiger partial charge is 0.448 e. The van der Waals surface area contributed by atoms with Crippen molar-refractivity contribution in [1.82, 2.24) is 9.88 Å². The van der Waals surface area contributed by atoms with Crippen LogP contribution < -0.4 is 5.32 Å². The number of rotatable bonds is 5. The molecule has 0 unspecified atom stereocenters. The highest BCUT2D eigenvalue weighted by molar-refractivity contribution is 6.18. The van der Waals surface area contributed by atoms with Crippen LogP contribution in [0.15, 0.2) is 36.5 Å². The molecule has 1 amide bonds. The summed E-state index contributed by atoms with van der Waals surface area (Å²) >= 11 is 5.42. The summed E-state index contributed by atoms with van der Waals surface area (Å²) in [7, 11) is 0. The second-order valence-corrected chi connectivity index (χ2v) is 4.20. The number of fused-ring (bicyclic) bond motifs is 1. The van der Waals surface area contributed by atoms with Gasteiger partial charge >= 0.3 is 6.09 Å². The molecule has 0 saturated heterocycles. The van der Waals surface area contributed by atoms with Gasteiger partial charge in [-0.3, -0.25) is 0 Å². The van der Waals surface area contributed by atoms with Gasteiger partial charge in [0.1, 0.15) is 6.61 Å². The molecule has 0 atom stereocenters. The van der Waals surface area contributed by atoms with Crippen LogP contribution in [-0.2, 0) is 11.3 Å². The number of aromatic nitrogens is 1. The molecule has 1 N–H and O–H groups in total. The monoisotopic (exact) mass is 266 g/mol. The van der Waals surface area contributed by atoms with Gasteiger partial charge in [-0.15, -0.1) is 11.6 Å². The van der Waals surface area contributed by atoms with E-state index in [1.807, 2.05) is 18.3 Å². The lowest BCUT2D eigenvalue weighted by atomic mass is 10.2. The first-order valence-corrected chi connectivity index (χ1v) is 6.35. The number of carbonyl (C=O) groups is 1. The van der Waals surface area contributed by atoms with Crippen LogP contribution in [-0.4, -0.2) is 29.7 Å². The summed E-state index contributed by atoms with van der Waals surface area (Å²) in [4.78, 5) is 11.2. The van der Waals surface area contributed by atoms with Gasteiger partial charge in [0.25, 0.3) is 0 Å². The van der Waals surface area contributed by atoms with E-state index in [-0.39, 0.29) is 6.61 Å². The molecule has 1 heterocycles. The Hall–Kier alpha value is -1.68. The quantitative estimate of drug-likeness (QED) is 0.846. The lowest BCUT2D eigenvalue weighted by Gasteiger charge is -2.07. The van der Waals surface area contributed by atoms with Gasteiger partial charge in [0, 0.05) is 24.8 Å². The third kappa shape index (κ3) is 3.17. The Morgan fingerprint density at radius 1 is 1.33 bits per heavy atom. The Labute approximate surface area is 110 Å². The molecule has 0 radical (unpaired) electrons. The van der Waals surface area contributed by atoms with Crippen molar-refractivity contribution in [3.05, 3.63) is 36.5 Å². The predicted octanol–water partition coefficient (Wildman–Crippen LogP) is 2.61. The van der Waals surface area contributed by atoms with E-state index in [1.165, 1.54) is 5.39 Å². The van der Waals surface area contributed by atoms with Crippen molar-refractivity contribution in [2.75, 3.05) is 19.0 Å². The first-order chi connectivity index (χ1) is 8.81. The van der Waals surface area contributed by atoms with E-state index in [2.05, 4.69) is 28.1 Å². The molecule has 96 valence electrons. The molecule has 0 saturated carbocycles. The van der Waals surface area contributed by atoms with Crippen LogP contribution in [0.4, 0.5) is 4.79 Å². The highest BCUT2D eigenvalue weighted by Crippen LogP contribution is 2.14. The molecule has 1 aromatic carbocycles. The Balaban J connectivity index is 1.85. The molecule has 4 nitrogen and oxygen atoms in total. The summed E-state index contributed by atoms with van der Waals surface area (Å²) in [5.74, 6) is 0.315. The molecule has 18 heavy (non-hydrogen) atoms. The molecular weight excluding hydrogens is 252 g/mol. The van der Waals surface area contributed by atoms with E-state index >= 15 is 0 Å². The molecule has 0 spiro atoms. The lowest BCUT2D eigenvalue weighted by molar-refractivity contribution is 0.152. The number of alkyl halides is 1. The topological polar surface area (TPSA) is 43.3 Å². The minimum atomic E-state index is -0.424. The first kappa shape index (κ1) is 12.8. The van der Waals surface area contributed by atoms with Gasteiger partial charge in [0.2, 0.25) is 0 Å². The van der Waals surface area contributed by atoms with Crippen LogP contribution >= 0.6 is 11.6 Å². The number of benzene rings is 1. The smallest absolute Gasteiger partial charge is 0.407 e. The fourth-order valence-corrected chi connectivity index (χ4v) is 1.87. The third-order valence-corrected chi connectivity index (χ3v) is 2.77. The summed E-state index contributed by atoms with van der Waals surface area (Å²) in [6.45, 7) is 1.48. The second-order valence-electron chi connectivity index (χ2n) is 3.82. The third-order valence-electron chi connectivity index (χ3n) is 2.61. The fraction of sp³-hybridized carbons (Fsp3) is 0.308. The van der Waals surface area contributed by atoms with Crippen LogP contribution in [0.25, 0.3) is 10.9 Å². The number of hydrogen-bond donors (Lipinski definition) is 1. The molecule has 0 bridgehead atoms. The summed E-state index contributed by atoms with van der Waals surface area (Å²) in [5, 5.41) is 3.88. The molecule has 0 aliphatic heterocycles. The molecule has 5 heteroatoms. The van der Waals surface area contributed by atoms with Crippen molar-refractivity contribution in [3.8, 4) is 0 Å². The Morgan fingerprint density at radius 2 is 2.17 bits per heavy atom. The molecule has 0 fully saturated rings. The van der Waals surface area contributed by atoms with E-state index in [1.54, 1.807) is 0 Å². The van der Waals surface area contributed by atoms with Crippen LogP contribution in [0.2, 0.25) is 0 Å². The van der Waals surface area contributed by atoms with Crippen molar-refractivity contribution < 1.29 is 9.53 Å². The summed E-state index contributed by atoms with van der Waals surface area (Å²) in [6.07, 6.45) is 1.59. The van der Waals surface area contributed by atoms with Crippen LogP contribution in [0, 0.1) is 0 Å². The average Bonchev–Trinajstić information content (AvgIpc) is 2.80. The molecule has 1 aromatic heterocycles. The van der Waals surface area contributed by atoms with Crippen molar-refractivity contribution >= 4 is 28.6 Å². The number of nitrogens with one attached hydrogen (secondary N) is 1. The minimum absolute atomic E-state index is 0.236. The average molecular weight is 267 g/mol. The number of halogens is 1. The number of hydrogen-bond acceptors (Lipinski definition) is 2. The predicted molar refractivity (Wildman–Crippen MR) is 72.0 cm³/mol. The first-order valence-electron chi connectivity index (χ1n) is 5.82. The van der Waals surface area contributed by atoms with Crippen molar-refractivity contribution in [2.24, 2.45) is 0 Å². The van der Waals surface area contributed by atoms with E-state index in [0.717, 1.165) is 5.52 Å². The van der Waals surface area contributed by atoms with E-state index in [9.17, 15) is 4.79 Å². The second kappa shape index (κ2) is 6.31. The van der Waals surface area contributed by atoms with Gasteiger partial charge in [0.15, 0.2) is 0 Å². The van der Waals surface area contributed by atoms with Crippen molar-refractivity contribution in [2.45, 2.75) is 6.54 Å². The van der Waals surface area contributed by atoms with Gasteiger partial charge in [-0.05, 0) is 17.5 Å². The van der Waals surface area contributed by atoms with Gasteiger partial charge in [-0.2, -0.15) is 0 Å². The zero-order chi connectivity index (χ0) is 12.8. The number of para-hydroxylation sites is 1. The number of carbonyl (C=O) groups excluding carboxylic acids is 1. The Kier molecular flexibility index (Phi) is 4.47. The Bertz CT molecular complexity index is 524. The van der Waals surface area contributed by atoms with Crippen molar-refractivity contribution in [1.29, 1.82) is 0 Å². The normalized spacial score (nSPS) is 10.5. The van der Waals surface area contributed by atoms with Crippen LogP contribution in [0.5, 0.6) is 0 Å². The van der Waals surface area contributed by atoms with Crippen LogP contribution in [0.3, 0.4) is 0 Å². The minimum Gasteiger partial charge on any atom is -0.448 e. The molecule has 0 aliphatic carbocycles. The number of ether oxygens (including phenoxy) is 1. The van der Waals surface area contributed by atoms with E-state index in [0.29, 0.717) is 19.0 Å². The maximum absolute atomic E-state index is 11.2.